The van der Waals surface area contributed by atoms with Crippen molar-refractivity contribution in [3.8, 4) is 0 Å². The van der Waals surface area contributed by atoms with Crippen molar-refractivity contribution in [3.05, 3.63) is 53.3 Å². The number of anilines is 3. The molecule has 7 nitrogen and oxygen atoms in total. The van der Waals surface area contributed by atoms with Gasteiger partial charge in [-0.05, 0) is 48.7 Å². The summed E-state index contributed by atoms with van der Waals surface area (Å²) in [6, 6.07) is 9.04. The molecular weight excluding hydrogens is 389 g/mol. The highest BCUT2D eigenvalue weighted by Gasteiger charge is 2.32. The van der Waals surface area contributed by atoms with Crippen LogP contribution in [0.1, 0.15) is 41.1 Å². The molecule has 0 bridgehead atoms. The molecule has 4 rings (SSSR count). The average molecular weight is 411 g/mol. The number of hydrogen-bond acceptors (Lipinski definition) is 5. The number of carbonyl (C=O) groups is 3. The van der Waals surface area contributed by atoms with Gasteiger partial charge in [0.05, 0.1) is 30.0 Å². The van der Waals surface area contributed by atoms with Crippen LogP contribution >= 0.6 is 0 Å². The Hall–Kier alpha value is -3.42. The highest BCUT2D eigenvalue weighted by atomic mass is 19.1. The fourth-order valence-corrected chi connectivity index (χ4v) is 4.01. The molecule has 0 aromatic heterocycles. The highest BCUT2D eigenvalue weighted by Crippen LogP contribution is 2.36. The van der Waals surface area contributed by atoms with Crippen molar-refractivity contribution in [2.75, 3.05) is 35.7 Å². The first-order valence-corrected chi connectivity index (χ1v) is 9.84. The molecule has 2 aromatic carbocycles. The largest absolute Gasteiger partial charge is 0.465 e. The van der Waals surface area contributed by atoms with Gasteiger partial charge < -0.3 is 20.3 Å². The zero-order chi connectivity index (χ0) is 21.3. The summed E-state index contributed by atoms with van der Waals surface area (Å²) in [5, 5.41) is 5.50. The maximum Gasteiger partial charge on any atom is 0.337 e. The predicted octanol–water partition coefficient (Wildman–Crippen LogP) is 3.28. The standard InChI is InChI=1S/C22H22FN3O4/c1-30-22(29)13-4-7-19(26-8-2-3-9-26)18(10-13)25-21(28)16-12-20(27)24-17-11-14(23)5-6-15(16)17/h4-7,10-11,16H,2-3,8-9,12H2,1H3,(H,24,27)(H,25,28). The molecule has 2 aliphatic rings. The molecular formula is C22H22FN3O4. The van der Waals surface area contributed by atoms with Gasteiger partial charge in [0.2, 0.25) is 11.8 Å². The number of amides is 2. The lowest BCUT2D eigenvalue weighted by Crippen LogP contribution is -2.31. The van der Waals surface area contributed by atoms with E-state index in [0.29, 0.717) is 22.5 Å². The molecule has 2 aromatic rings. The lowest BCUT2D eigenvalue weighted by atomic mass is 9.89. The first-order valence-electron chi connectivity index (χ1n) is 9.84. The molecule has 2 heterocycles. The van der Waals surface area contributed by atoms with Gasteiger partial charge in [-0.1, -0.05) is 6.07 Å². The van der Waals surface area contributed by atoms with Gasteiger partial charge in [0.1, 0.15) is 5.82 Å². The SMILES string of the molecule is COC(=O)c1ccc(N2CCCC2)c(NC(=O)C2CC(=O)Nc3cc(F)ccc32)c1. The maximum atomic E-state index is 13.6. The van der Waals surface area contributed by atoms with Crippen molar-refractivity contribution in [2.45, 2.75) is 25.2 Å². The Labute approximate surface area is 173 Å². The van der Waals surface area contributed by atoms with Crippen LogP contribution in [0.2, 0.25) is 0 Å². The third-order valence-corrected chi connectivity index (χ3v) is 5.49. The Balaban J connectivity index is 1.67. The molecule has 0 aliphatic carbocycles. The molecule has 0 saturated carbocycles. The van der Waals surface area contributed by atoms with Crippen LogP contribution in [0.15, 0.2) is 36.4 Å². The van der Waals surface area contributed by atoms with Crippen LogP contribution in [0.25, 0.3) is 0 Å². The Morgan fingerprint density at radius 2 is 1.93 bits per heavy atom. The number of carbonyl (C=O) groups excluding carboxylic acids is 3. The lowest BCUT2D eigenvalue weighted by Gasteiger charge is -2.27. The van der Waals surface area contributed by atoms with E-state index in [2.05, 4.69) is 15.5 Å². The van der Waals surface area contributed by atoms with Crippen molar-refractivity contribution in [2.24, 2.45) is 0 Å². The number of ether oxygens (including phenoxy) is 1. The van der Waals surface area contributed by atoms with Crippen LogP contribution in [0.3, 0.4) is 0 Å². The second kappa shape index (κ2) is 8.14. The first-order chi connectivity index (χ1) is 14.5. The average Bonchev–Trinajstić information content (AvgIpc) is 3.26. The molecule has 1 saturated heterocycles. The number of halogens is 1. The molecule has 2 amide bonds. The van der Waals surface area contributed by atoms with Gasteiger partial charge in [0.25, 0.3) is 0 Å². The molecule has 1 fully saturated rings. The predicted molar refractivity (Wildman–Crippen MR) is 110 cm³/mol. The summed E-state index contributed by atoms with van der Waals surface area (Å²) in [5.74, 6) is -2.49. The monoisotopic (exact) mass is 411 g/mol. The number of fused-ring (bicyclic) bond motifs is 1. The van der Waals surface area contributed by atoms with Gasteiger partial charge in [-0.3, -0.25) is 9.59 Å². The molecule has 1 atom stereocenters. The summed E-state index contributed by atoms with van der Waals surface area (Å²) in [6.07, 6.45) is 2.06. The second-order valence-corrected chi connectivity index (χ2v) is 7.44. The van der Waals surface area contributed by atoms with Gasteiger partial charge in [-0.2, -0.15) is 0 Å². The van der Waals surface area contributed by atoms with Crippen LogP contribution in [0, 0.1) is 5.82 Å². The zero-order valence-corrected chi connectivity index (χ0v) is 16.5. The number of benzene rings is 2. The Bertz CT molecular complexity index is 1020. The van der Waals surface area contributed by atoms with E-state index in [0.717, 1.165) is 31.6 Å². The minimum Gasteiger partial charge on any atom is -0.465 e. The summed E-state index contributed by atoms with van der Waals surface area (Å²) < 4.78 is 18.4. The van der Waals surface area contributed by atoms with E-state index in [1.165, 1.54) is 25.3 Å². The minimum absolute atomic E-state index is 0.0415. The third-order valence-electron chi connectivity index (χ3n) is 5.49. The smallest absolute Gasteiger partial charge is 0.337 e. The number of nitrogens with zero attached hydrogens (tertiary/aromatic N) is 1. The van der Waals surface area contributed by atoms with Gasteiger partial charge in [-0.15, -0.1) is 0 Å². The lowest BCUT2D eigenvalue weighted by molar-refractivity contribution is -0.123. The van der Waals surface area contributed by atoms with Crippen molar-refractivity contribution in [1.82, 2.24) is 0 Å². The third kappa shape index (κ3) is 3.85. The Kier molecular flexibility index (Phi) is 5.39. The van der Waals surface area contributed by atoms with Gasteiger partial charge in [0.15, 0.2) is 0 Å². The van der Waals surface area contributed by atoms with Crippen LogP contribution in [-0.4, -0.2) is 38.0 Å². The maximum absolute atomic E-state index is 13.6. The summed E-state index contributed by atoms with van der Waals surface area (Å²) in [4.78, 5) is 39.4. The van der Waals surface area contributed by atoms with Crippen LogP contribution in [0.4, 0.5) is 21.5 Å². The van der Waals surface area contributed by atoms with Gasteiger partial charge in [0, 0.05) is 25.2 Å². The minimum atomic E-state index is -0.762. The van der Waals surface area contributed by atoms with E-state index in [-0.39, 0.29) is 18.2 Å². The van der Waals surface area contributed by atoms with Crippen LogP contribution in [0.5, 0.6) is 0 Å². The van der Waals surface area contributed by atoms with Crippen molar-refractivity contribution in [3.63, 3.8) is 0 Å². The second-order valence-electron chi connectivity index (χ2n) is 7.44. The van der Waals surface area contributed by atoms with E-state index in [4.69, 9.17) is 4.74 Å². The Morgan fingerprint density at radius 3 is 2.67 bits per heavy atom. The fraction of sp³-hybridized carbons (Fsp3) is 0.318. The fourth-order valence-electron chi connectivity index (χ4n) is 4.01. The van der Waals surface area contributed by atoms with E-state index in [1.807, 2.05) is 0 Å². The first kappa shape index (κ1) is 19.9. The van der Waals surface area contributed by atoms with E-state index in [1.54, 1.807) is 18.2 Å². The van der Waals surface area contributed by atoms with E-state index >= 15 is 0 Å². The molecule has 0 spiro atoms. The van der Waals surface area contributed by atoms with E-state index < -0.39 is 17.7 Å². The summed E-state index contributed by atoms with van der Waals surface area (Å²) >= 11 is 0. The normalized spacial score (nSPS) is 17.9. The molecule has 2 N–H and O–H groups in total. The molecule has 1 unspecified atom stereocenters. The molecule has 30 heavy (non-hydrogen) atoms. The van der Waals surface area contributed by atoms with Gasteiger partial charge in [-0.25, -0.2) is 9.18 Å². The molecule has 0 radical (unpaired) electrons. The number of esters is 1. The quantitative estimate of drug-likeness (QED) is 0.754. The Morgan fingerprint density at radius 1 is 1.17 bits per heavy atom. The molecule has 2 aliphatic heterocycles. The van der Waals surface area contributed by atoms with Crippen LogP contribution < -0.4 is 15.5 Å². The topological polar surface area (TPSA) is 87.7 Å². The molecule has 8 heteroatoms. The number of nitrogens with one attached hydrogen (secondary N) is 2. The van der Waals surface area contributed by atoms with Crippen molar-refractivity contribution in [1.29, 1.82) is 0 Å². The molecule has 156 valence electrons. The zero-order valence-electron chi connectivity index (χ0n) is 16.5. The van der Waals surface area contributed by atoms with Crippen molar-refractivity contribution >= 4 is 34.8 Å². The number of hydrogen-bond donors (Lipinski definition) is 2. The summed E-state index contributed by atoms with van der Waals surface area (Å²) in [7, 11) is 1.30. The highest BCUT2D eigenvalue weighted by molar-refractivity contribution is 6.06. The van der Waals surface area contributed by atoms with Crippen molar-refractivity contribution < 1.29 is 23.5 Å². The number of methoxy groups -OCH3 is 1. The number of rotatable bonds is 4. The van der Waals surface area contributed by atoms with E-state index in [9.17, 15) is 18.8 Å². The van der Waals surface area contributed by atoms with Crippen LogP contribution in [-0.2, 0) is 14.3 Å². The summed E-state index contributed by atoms with van der Waals surface area (Å²) in [5.41, 5.74) is 2.47. The summed E-state index contributed by atoms with van der Waals surface area (Å²) in [6.45, 7) is 1.71. The van der Waals surface area contributed by atoms with Gasteiger partial charge >= 0.3 is 5.97 Å².